The van der Waals surface area contributed by atoms with Crippen LogP contribution in [0.5, 0.6) is 5.88 Å². The molecule has 0 saturated carbocycles. The van der Waals surface area contributed by atoms with E-state index in [2.05, 4.69) is 10.3 Å². The Morgan fingerprint density at radius 2 is 1.90 bits per heavy atom. The molecule has 0 aliphatic heterocycles. The van der Waals surface area contributed by atoms with Crippen LogP contribution < -0.4 is 10.1 Å². The Kier molecular flexibility index (Phi) is 7.43. The smallest absolute Gasteiger partial charge is 0.267 e. The highest BCUT2D eigenvalue weighted by molar-refractivity contribution is 5.94. The van der Waals surface area contributed by atoms with Crippen LogP contribution in [0.1, 0.15) is 32.8 Å². The highest BCUT2D eigenvalue weighted by atomic mass is 16.5. The number of benzene rings is 1. The van der Waals surface area contributed by atoms with Gasteiger partial charge in [0.1, 0.15) is 5.69 Å². The standard InChI is InChI=1S/C24H28N4O3/c1-27-15-7-10-21(27)23(29)25-14-13-20(16-18-8-5-4-6-9-18)28(2)24(30)19-11-12-22(31-3)26-17-19/h4-12,15,17,20H,13-14,16H2,1-3H3,(H,25,29)/t20-/m1/s1. The van der Waals surface area contributed by atoms with Gasteiger partial charge in [-0.1, -0.05) is 30.3 Å². The highest BCUT2D eigenvalue weighted by Crippen LogP contribution is 2.15. The van der Waals surface area contributed by atoms with Gasteiger partial charge in [-0.15, -0.1) is 0 Å². The van der Waals surface area contributed by atoms with E-state index >= 15 is 0 Å². The van der Waals surface area contributed by atoms with Gasteiger partial charge in [-0.3, -0.25) is 9.59 Å². The van der Waals surface area contributed by atoms with Gasteiger partial charge in [0.05, 0.1) is 12.7 Å². The lowest BCUT2D eigenvalue weighted by Gasteiger charge is -2.29. The molecule has 0 saturated heterocycles. The molecule has 31 heavy (non-hydrogen) atoms. The first-order valence-electron chi connectivity index (χ1n) is 10.2. The number of methoxy groups -OCH3 is 1. The molecule has 2 aromatic heterocycles. The maximum absolute atomic E-state index is 13.1. The van der Waals surface area contributed by atoms with Crippen molar-refractivity contribution in [3.05, 3.63) is 83.8 Å². The number of pyridine rings is 1. The highest BCUT2D eigenvalue weighted by Gasteiger charge is 2.22. The summed E-state index contributed by atoms with van der Waals surface area (Å²) in [5, 5.41) is 2.96. The number of aromatic nitrogens is 2. The Bertz CT molecular complexity index is 999. The van der Waals surface area contributed by atoms with E-state index in [9.17, 15) is 9.59 Å². The zero-order valence-electron chi connectivity index (χ0n) is 18.1. The van der Waals surface area contributed by atoms with Gasteiger partial charge in [0.2, 0.25) is 5.88 Å². The molecule has 3 aromatic rings. The van der Waals surface area contributed by atoms with E-state index in [-0.39, 0.29) is 17.9 Å². The van der Waals surface area contributed by atoms with E-state index in [1.807, 2.05) is 49.6 Å². The van der Waals surface area contributed by atoms with Crippen molar-refractivity contribution in [1.82, 2.24) is 19.8 Å². The summed E-state index contributed by atoms with van der Waals surface area (Å²) in [6, 6.07) is 16.9. The minimum absolute atomic E-state index is 0.0919. The number of nitrogens with one attached hydrogen (secondary N) is 1. The normalized spacial score (nSPS) is 11.6. The molecular weight excluding hydrogens is 392 g/mol. The predicted octanol–water partition coefficient (Wildman–Crippen LogP) is 2.93. The van der Waals surface area contributed by atoms with Crippen LogP contribution in [0.15, 0.2) is 67.0 Å². The summed E-state index contributed by atoms with van der Waals surface area (Å²) >= 11 is 0. The molecule has 0 fully saturated rings. The molecule has 0 unspecified atom stereocenters. The second-order valence-electron chi connectivity index (χ2n) is 7.40. The van der Waals surface area contributed by atoms with Crippen LogP contribution in [0.25, 0.3) is 0 Å². The van der Waals surface area contributed by atoms with Crippen molar-refractivity contribution in [2.75, 3.05) is 20.7 Å². The van der Waals surface area contributed by atoms with Crippen LogP contribution in [0, 0.1) is 0 Å². The van der Waals surface area contributed by atoms with Crippen molar-refractivity contribution in [1.29, 1.82) is 0 Å². The second-order valence-corrected chi connectivity index (χ2v) is 7.40. The van der Waals surface area contributed by atoms with E-state index in [4.69, 9.17) is 4.74 Å². The van der Waals surface area contributed by atoms with Crippen LogP contribution >= 0.6 is 0 Å². The minimum atomic E-state index is -0.126. The molecule has 0 bridgehead atoms. The fourth-order valence-corrected chi connectivity index (χ4v) is 3.46. The van der Waals surface area contributed by atoms with Crippen LogP contribution in [0.2, 0.25) is 0 Å². The Morgan fingerprint density at radius 1 is 1.13 bits per heavy atom. The average Bonchev–Trinajstić information content (AvgIpc) is 3.24. The summed E-state index contributed by atoms with van der Waals surface area (Å²) in [6.07, 6.45) is 4.67. The molecule has 0 aliphatic carbocycles. The summed E-state index contributed by atoms with van der Waals surface area (Å²) in [5.74, 6) is 0.215. The van der Waals surface area contributed by atoms with E-state index in [0.29, 0.717) is 36.5 Å². The van der Waals surface area contributed by atoms with Gasteiger partial charge < -0.3 is 19.5 Å². The number of amides is 2. The Balaban J connectivity index is 1.69. The summed E-state index contributed by atoms with van der Waals surface area (Å²) in [7, 11) is 5.16. The molecule has 7 heteroatoms. The number of nitrogens with zero attached hydrogens (tertiary/aromatic N) is 3. The summed E-state index contributed by atoms with van der Waals surface area (Å²) in [5.41, 5.74) is 2.23. The summed E-state index contributed by atoms with van der Waals surface area (Å²) in [4.78, 5) is 31.3. The third-order valence-electron chi connectivity index (χ3n) is 5.31. The Morgan fingerprint density at radius 3 is 2.52 bits per heavy atom. The van der Waals surface area contributed by atoms with E-state index < -0.39 is 0 Å². The summed E-state index contributed by atoms with van der Waals surface area (Å²) < 4.78 is 6.85. The molecule has 1 aromatic carbocycles. The molecule has 162 valence electrons. The minimum Gasteiger partial charge on any atom is -0.481 e. The van der Waals surface area contributed by atoms with E-state index in [1.54, 1.807) is 34.7 Å². The number of rotatable bonds is 9. The molecule has 1 atom stereocenters. The van der Waals surface area contributed by atoms with Gasteiger partial charge in [0, 0.05) is 45.1 Å². The second kappa shape index (κ2) is 10.4. The molecule has 0 radical (unpaired) electrons. The van der Waals surface area contributed by atoms with Crippen molar-refractivity contribution in [2.45, 2.75) is 18.9 Å². The quantitative estimate of drug-likeness (QED) is 0.578. The Labute approximate surface area is 182 Å². The largest absolute Gasteiger partial charge is 0.481 e. The zero-order chi connectivity index (χ0) is 22.2. The Hall–Kier alpha value is -3.61. The van der Waals surface area contributed by atoms with Crippen LogP contribution in [-0.2, 0) is 13.5 Å². The maximum atomic E-state index is 13.1. The SMILES string of the molecule is COc1ccc(C(=O)N(C)[C@H](CCNC(=O)c2cccn2C)Cc2ccccc2)cn1. The molecule has 7 nitrogen and oxygen atoms in total. The molecule has 2 heterocycles. The van der Waals surface area contributed by atoms with Gasteiger partial charge >= 0.3 is 0 Å². The van der Waals surface area contributed by atoms with Gasteiger partial charge in [-0.05, 0) is 36.6 Å². The topological polar surface area (TPSA) is 76.5 Å². The van der Waals surface area contributed by atoms with Gasteiger partial charge in [0.25, 0.3) is 11.8 Å². The first kappa shape index (κ1) is 22.1. The van der Waals surface area contributed by atoms with Crippen molar-refractivity contribution in [2.24, 2.45) is 7.05 Å². The molecule has 1 N–H and O–H groups in total. The fourth-order valence-electron chi connectivity index (χ4n) is 3.46. The first-order chi connectivity index (χ1) is 15.0. The summed E-state index contributed by atoms with van der Waals surface area (Å²) in [6.45, 7) is 0.458. The predicted molar refractivity (Wildman–Crippen MR) is 119 cm³/mol. The molecule has 0 aliphatic rings. The van der Waals surface area contributed by atoms with Crippen molar-refractivity contribution >= 4 is 11.8 Å². The fraction of sp³-hybridized carbons (Fsp3) is 0.292. The van der Waals surface area contributed by atoms with Crippen LogP contribution in [-0.4, -0.2) is 53.0 Å². The third-order valence-corrected chi connectivity index (χ3v) is 5.31. The number of ether oxygens (including phenoxy) is 1. The number of hydrogen-bond acceptors (Lipinski definition) is 4. The first-order valence-corrected chi connectivity index (χ1v) is 10.2. The lowest BCUT2D eigenvalue weighted by molar-refractivity contribution is 0.0722. The molecule has 0 spiro atoms. The molecule has 2 amide bonds. The van der Waals surface area contributed by atoms with Crippen molar-refractivity contribution < 1.29 is 14.3 Å². The number of hydrogen-bond donors (Lipinski definition) is 1. The number of carbonyl (C=O) groups is 2. The number of carbonyl (C=O) groups excluding carboxylic acids is 2. The lowest BCUT2D eigenvalue weighted by atomic mass is 10.0. The van der Waals surface area contributed by atoms with Gasteiger partial charge in [0.15, 0.2) is 0 Å². The van der Waals surface area contributed by atoms with Crippen molar-refractivity contribution in [3.63, 3.8) is 0 Å². The third kappa shape index (κ3) is 5.72. The van der Waals surface area contributed by atoms with Crippen molar-refractivity contribution in [3.8, 4) is 5.88 Å². The number of aryl methyl sites for hydroxylation is 1. The number of likely N-dealkylation sites (N-methyl/N-ethyl adjacent to an activating group) is 1. The molecule has 3 rings (SSSR count). The van der Waals surface area contributed by atoms with E-state index in [1.165, 1.54) is 13.3 Å². The lowest BCUT2D eigenvalue weighted by Crippen LogP contribution is -2.41. The van der Waals surface area contributed by atoms with Crippen LogP contribution in [0.3, 0.4) is 0 Å². The molecular formula is C24H28N4O3. The van der Waals surface area contributed by atoms with Gasteiger partial charge in [-0.2, -0.15) is 0 Å². The zero-order valence-corrected chi connectivity index (χ0v) is 18.1. The maximum Gasteiger partial charge on any atom is 0.267 e. The van der Waals surface area contributed by atoms with E-state index in [0.717, 1.165) is 5.56 Å². The average molecular weight is 421 g/mol. The monoisotopic (exact) mass is 420 g/mol. The van der Waals surface area contributed by atoms with Crippen LogP contribution in [0.4, 0.5) is 0 Å². The van der Waals surface area contributed by atoms with Gasteiger partial charge in [-0.25, -0.2) is 4.98 Å².